The van der Waals surface area contributed by atoms with E-state index in [0.29, 0.717) is 11.1 Å². The molecular formula is C20H20O3S. The quantitative estimate of drug-likeness (QED) is 0.755. The summed E-state index contributed by atoms with van der Waals surface area (Å²) in [4.78, 5) is 24.7. The first-order valence-electron chi connectivity index (χ1n) is 8.26. The van der Waals surface area contributed by atoms with Gasteiger partial charge in [-0.05, 0) is 31.4 Å². The summed E-state index contributed by atoms with van der Waals surface area (Å²) in [7, 11) is 0. The summed E-state index contributed by atoms with van der Waals surface area (Å²) >= 11 is 1.30. The van der Waals surface area contributed by atoms with Gasteiger partial charge in [0.1, 0.15) is 6.10 Å². The molecule has 0 bridgehead atoms. The second-order valence-corrected chi connectivity index (χ2v) is 7.12. The Morgan fingerprint density at radius 1 is 0.833 bits per heavy atom. The number of carbonyl (C=O) groups excluding carboxylic acids is 2. The van der Waals surface area contributed by atoms with E-state index >= 15 is 0 Å². The molecule has 0 N–H and O–H groups in total. The fourth-order valence-corrected chi connectivity index (χ4v) is 4.07. The predicted molar refractivity (Wildman–Crippen MR) is 96.3 cm³/mol. The number of hydrogen-bond donors (Lipinski definition) is 0. The summed E-state index contributed by atoms with van der Waals surface area (Å²) in [5.41, 5.74) is 1.25. The van der Waals surface area contributed by atoms with Gasteiger partial charge in [0, 0.05) is 10.8 Å². The van der Waals surface area contributed by atoms with Crippen LogP contribution in [0.15, 0.2) is 60.7 Å². The summed E-state index contributed by atoms with van der Waals surface area (Å²) in [6.07, 6.45) is 3.61. The van der Waals surface area contributed by atoms with Gasteiger partial charge in [-0.2, -0.15) is 0 Å². The Hall–Kier alpha value is -2.07. The number of thioether (sulfide) groups is 1. The van der Waals surface area contributed by atoms with E-state index in [-0.39, 0.29) is 22.4 Å². The first-order chi connectivity index (χ1) is 11.7. The average Bonchev–Trinajstić information content (AvgIpc) is 2.64. The Morgan fingerprint density at radius 3 is 2.08 bits per heavy atom. The van der Waals surface area contributed by atoms with Crippen molar-refractivity contribution >= 4 is 22.8 Å². The maximum Gasteiger partial charge on any atom is 0.338 e. The predicted octanol–water partition coefficient (Wildman–Crippen LogP) is 4.73. The highest BCUT2D eigenvalue weighted by molar-refractivity contribution is 8.14. The van der Waals surface area contributed by atoms with E-state index < -0.39 is 0 Å². The number of carbonyl (C=O) groups is 2. The molecule has 1 aliphatic carbocycles. The maximum absolute atomic E-state index is 12.4. The topological polar surface area (TPSA) is 43.4 Å². The van der Waals surface area contributed by atoms with Gasteiger partial charge in [0.05, 0.1) is 5.56 Å². The molecule has 2 aromatic carbocycles. The van der Waals surface area contributed by atoms with Crippen molar-refractivity contribution in [2.45, 2.75) is 37.0 Å². The van der Waals surface area contributed by atoms with Crippen LogP contribution in [0.4, 0.5) is 0 Å². The van der Waals surface area contributed by atoms with Crippen molar-refractivity contribution in [1.29, 1.82) is 0 Å². The lowest BCUT2D eigenvalue weighted by atomic mass is 9.97. The Labute approximate surface area is 146 Å². The highest BCUT2D eigenvalue weighted by Gasteiger charge is 2.31. The van der Waals surface area contributed by atoms with Crippen LogP contribution in [-0.4, -0.2) is 22.4 Å². The zero-order valence-electron chi connectivity index (χ0n) is 13.4. The molecule has 3 rings (SSSR count). The van der Waals surface area contributed by atoms with Crippen molar-refractivity contribution in [3.8, 4) is 0 Å². The summed E-state index contributed by atoms with van der Waals surface area (Å²) in [5.74, 6) is -0.305. The van der Waals surface area contributed by atoms with E-state index in [9.17, 15) is 9.59 Å². The minimum absolute atomic E-state index is 0.0270. The molecule has 0 heterocycles. The van der Waals surface area contributed by atoms with Gasteiger partial charge in [-0.15, -0.1) is 0 Å². The van der Waals surface area contributed by atoms with E-state index in [4.69, 9.17) is 4.74 Å². The van der Waals surface area contributed by atoms with Gasteiger partial charge < -0.3 is 4.74 Å². The van der Waals surface area contributed by atoms with Gasteiger partial charge >= 0.3 is 5.97 Å². The van der Waals surface area contributed by atoms with Crippen LogP contribution in [0, 0.1) is 0 Å². The second kappa shape index (κ2) is 8.15. The molecule has 0 aliphatic heterocycles. The lowest BCUT2D eigenvalue weighted by Gasteiger charge is -2.30. The van der Waals surface area contributed by atoms with Gasteiger partial charge in [-0.1, -0.05) is 66.7 Å². The number of hydrogen-bond acceptors (Lipinski definition) is 4. The third-order valence-corrected chi connectivity index (χ3v) is 5.47. The first kappa shape index (κ1) is 16.8. The Balaban J connectivity index is 1.65. The molecule has 0 aromatic heterocycles. The lowest BCUT2D eigenvalue weighted by molar-refractivity contribution is 0.0229. The summed E-state index contributed by atoms with van der Waals surface area (Å²) in [6, 6.07) is 18.3. The number of benzene rings is 2. The van der Waals surface area contributed by atoms with E-state index in [1.54, 1.807) is 12.1 Å². The molecule has 0 saturated heterocycles. The molecule has 2 aromatic rings. The number of ether oxygens (including phenoxy) is 1. The molecule has 0 spiro atoms. The van der Waals surface area contributed by atoms with E-state index in [2.05, 4.69) is 0 Å². The van der Waals surface area contributed by atoms with Gasteiger partial charge in [0.15, 0.2) is 0 Å². The van der Waals surface area contributed by atoms with Crippen molar-refractivity contribution in [2.24, 2.45) is 0 Å². The molecule has 4 heteroatoms. The molecule has 1 saturated carbocycles. The largest absolute Gasteiger partial charge is 0.458 e. The lowest BCUT2D eigenvalue weighted by Crippen LogP contribution is -2.33. The fraction of sp³-hybridized carbons (Fsp3) is 0.300. The molecule has 0 radical (unpaired) electrons. The summed E-state index contributed by atoms with van der Waals surface area (Å²) in [6.45, 7) is 0. The smallest absolute Gasteiger partial charge is 0.338 e. The van der Waals surface area contributed by atoms with Crippen LogP contribution in [0.5, 0.6) is 0 Å². The van der Waals surface area contributed by atoms with Crippen LogP contribution < -0.4 is 0 Å². The highest BCUT2D eigenvalue weighted by Crippen LogP contribution is 2.33. The molecule has 3 nitrogen and oxygen atoms in total. The van der Waals surface area contributed by atoms with Crippen LogP contribution in [-0.2, 0) is 4.74 Å². The van der Waals surface area contributed by atoms with Crippen molar-refractivity contribution < 1.29 is 14.3 Å². The maximum atomic E-state index is 12.4. The fourth-order valence-electron chi connectivity index (χ4n) is 2.89. The molecule has 1 fully saturated rings. The summed E-state index contributed by atoms with van der Waals surface area (Å²) < 4.78 is 5.71. The first-order valence-corrected chi connectivity index (χ1v) is 9.14. The molecular weight excluding hydrogens is 320 g/mol. The molecule has 24 heavy (non-hydrogen) atoms. The van der Waals surface area contributed by atoms with Crippen LogP contribution in [0.1, 0.15) is 46.4 Å². The van der Waals surface area contributed by atoms with Crippen LogP contribution >= 0.6 is 11.8 Å². The van der Waals surface area contributed by atoms with Crippen molar-refractivity contribution in [3.63, 3.8) is 0 Å². The molecule has 2 atom stereocenters. The monoisotopic (exact) mass is 340 g/mol. The normalized spacial score (nSPS) is 20.3. The van der Waals surface area contributed by atoms with Gasteiger partial charge in [-0.3, -0.25) is 4.79 Å². The zero-order valence-corrected chi connectivity index (χ0v) is 14.2. The minimum atomic E-state index is -0.305. The van der Waals surface area contributed by atoms with E-state index in [1.165, 1.54) is 11.8 Å². The van der Waals surface area contributed by atoms with Crippen molar-refractivity contribution in [1.82, 2.24) is 0 Å². The van der Waals surface area contributed by atoms with Crippen LogP contribution in [0.2, 0.25) is 0 Å². The minimum Gasteiger partial charge on any atom is -0.458 e. The SMILES string of the molecule is O=C(OC1CCCCC1SC(=O)c1ccccc1)c1ccccc1. The Bertz CT molecular complexity index is 623. The number of esters is 1. The summed E-state index contributed by atoms with van der Waals surface area (Å²) in [5, 5.41) is 0.0716. The van der Waals surface area contributed by atoms with Gasteiger partial charge in [0.2, 0.25) is 5.12 Å². The van der Waals surface area contributed by atoms with Crippen LogP contribution in [0.25, 0.3) is 0 Å². The Kier molecular flexibility index (Phi) is 5.70. The van der Waals surface area contributed by atoms with Crippen molar-refractivity contribution in [2.75, 3.05) is 0 Å². The van der Waals surface area contributed by atoms with Crippen molar-refractivity contribution in [3.05, 3.63) is 71.8 Å². The van der Waals surface area contributed by atoms with E-state index in [0.717, 1.165) is 25.7 Å². The second-order valence-electron chi connectivity index (χ2n) is 5.90. The zero-order chi connectivity index (χ0) is 16.8. The van der Waals surface area contributed by atoms with Crippen LogP contribution in [0.3, 0.4) is 0 Å². The van der Waals surface area contributed by atoms with Gasteiger partial charge in [-0.25, -0.2) is 4.79 Å². The Morgan fingerprint density at radius 2 is 1.42 bits per heavy atom. The molecule has 124 valence electrons. The third-order valence-electron chi connectivity index (χ3n) is 4.18. The molecule has 2 unspecified atom stereocenters. The molecule has 1 aliphatic rings. The standard InChI is InChI=1S/C20H20O3S/c21-19(15-9-3-1-4-10-15)23-17-13-7-8-14-18(17)24-20(22)16-11-5-2-6-12-16/h1-6,9-12,17-18H,7-8,13-14H2. The highest BCUT2D eigenvalue weighted by atomic mass is 32.2. The number of rotatable bonds is 4. The average molecular weight is 340 g/mol. The molecule has 0 amide bonds. The van der Waals surface area contributed by atoms with Gasteiger partial charge in [0.25, 0.3) is 0 Å². The third kappa shape index (κ3) is 4.26. The van der Waals surface area contributed by atoms with E-state index in [1.807, 2.05) is 48.5 Å².